The van der Waals surface area contributed by atoms with Crippen LogP contribution < -0.4 is 0 Å². The van der Waals surface area contributed by atoms with Gasteiger partial charge >= 0.3 is 5.97 Å². The van der Waals surface area contributed by atoms with Crippen molar-refractivity contribution < 1.29 is 14.3 Å². The molecule has 0 atom stereocenters. The first-order chi connectivity index (χ1) is 8.63. The second kappa shape index (κ2) is 5.69. The number of carbonyl (C=O) groups is 1. The molecule has 4 heteroatoms. The Bertz CT molecular complexity index is 552. The molecular formula is C14H11FO2S. The van der Waals surface area contributed by atoms with Crippen molar-refractivity contribution >= 4 is 17.7 Å². The van der Waals surface area contributed by atoms with Crippen LogP contribution in [0.25, 0.3) is 0 Å². The molecule has 0 radical (unpaired) electrons. The van der Waals surface area contributed by atoms with E-state index in [4.69, 9.17) is 5.11 Å². The highest BCUT2D eigenvalue weighted by molar-refractivity contribution is 7.99. The van der Waals surface area contributed by atoms with Gasteiger partial charge in [0.2, 0.25) is 0 Å². The maximum absolute atomic E-state index is 12.8. The molecule has 0 spiro atoms. The molecule has 0 aliphatic heterocycles. The van der Waals surface area contributed by atoms with Gasteiger partial charge in [0.05, 0.1) is 6.42 Å². The zero-order valence-corrected chi connectivity index (χ0v) is 10.3. The smallest absolute Gasteiger partial charge is 0.307 e. The van der Waals surface area contributed by atoms with Crippen LogP contribution in [0.2, 0.25) is 0 Å². The summed E-state index contributed by atoms with van der Waals surface area (Å²) in [6.45, 7) is 0. The zero-order valence-electron chi connectivity index (χ0n) is 9.47. The van der Waals surface area contributed by atoms with E-state index >= 15 is 0 Å². The first kappa shape index (κ1) is 12.6. The second-order valence-electron chi connectivity index (χ2n) is 3.77. The molecule has 0 aromatic heterocycles. The highest BCUT2D eigenvalue weighted by atomic mass is 32.2. The number of rotatable bonds is 4. The number of hydrogen-bond donors (Lipinski definition) is 1. The van der Waals surface area contributed by atoms with Gasteiger partial charge in [-0.15, -0.1) is 0 Å². The molecular weight excluding hydrogens is 251 g/mol. The average Bonchev–Trinajstić information content (AvgIpc) is 2.32. The molecule has 0 saturated heterocycles. The maximum Gasteiger partial charge on any atom is 0.307 e. The molecule has 0 aliphatic carbocycles. The fraction of sp³-hybridized carbons (Fsp3) is 0.0714. The van der Waals surface area contributed by atoms with Crippen molar-refractivity contribution in [3.05, 3.63) is 59.9 Å². The van der Waals surface area contributed by atoms with Crippen LogP contribution in [0, 0.1) is 5.82 Å². The second-order valence-corrected chi connectivity index (χ2v) is 4.92. The third-order valence-corrected chi connectivity index (χ3v) is 3.30. The minimum absolute atomic E-state index is 0.0117. The molecule has 1 N–H and O–H groups in total. The number of halogens is 1. The number of carboxylic acids is 1. The van der Waals surface area contributed by atoms with Crippen molar-refractivity contribution in [3.63, 3.8) is 0 Å². The number of benzene rings is 2. The lowest BCUT2D eigenvalue weighted by Crippen LogP contribution is -1.99. The van der Waals surface area contributed by atoms with Crippen LogP contribution >= 0.6 is 11.8 Å². The molecule has 2 rings (SSSR count). The van der Waals surface area contributed by atoms with Crippen molar-refractivity contribution in [2.75, 3.05) is 0 Å². The van der Waals surface area contributed by atoms with Gasteiger partial charge in [-0.3, -0.25) is 4.79 Å². The van der Waals surface area contributed by atoms with E-state index in [0.29, 0.717) is 0 Å². The molecule has 2 nitrogen and oxygen atoms in total. The van der Waals surface area contributed by atoms with Gasteiger partial charge in [-0.1, -0.05) is 23.9 Å². The monoisotopic (exact) mass is 262 g/mol. The van der Waals surface area contributed by atoms with Gasteiger partial charge in [-0.05, 0) is 42.0 Å². The fourth-order valence-corrected chi connectivity index (χ4v) is 2.43. The standard InChI is InChI=1S/C14H11FO2S/c15-11-4-6-12(7-5-11)18-13-3-1-2-10(8-13)9-14(16)17/h1-8H,9H2,(H,16,17). The van der Waals surface area contributed by atoms with Crippen LogP contribution in [0.3, 0.4) is 0 Å². The Balaban J connectivity index is 2.13. The first-order valence-electron chi connectivity index (χ1n) is 5.37. The van der Waals surface area contributed by atoms with E-state index in [1.54, 1.807) is 18.2 Å². The lowest BCUT2D eigenvalue weighted by Gasteiger charge is -2.03. The van der Waals surface area contributed by atoms with E-state index in [2.05, 4.69) is 0 Å². The summed E-state index contributed by atoms with van der Waals surface area (Å²) in [6.07, 6.45) is 0.0117. The Labute approximate surface area is 108 Å². The molecule has 18 heavy (non-hydrogen) atoms. The van der Waals surface area contributed by atoms with Crippen LogP contribution in [0.5, 0.6) is 0 Å². The Morgan fingerprint density at radius 3 is 2.50 bits per heavy atom. The van der Waals surface area contributed by atoms with E-state index in [1.807, 2.05) is 18.2 Å². The van der Waals surface area contributed by atoms with Crippen molar-refractivity contribution in [2.45, 2.75) is 16.2 Å². The van der Waals surface area contributed by atoms with E-state index in [9.17, 15) is 9.18 Å². The Kier molecular flexibility index (Phi) is 3.99. The van der Waals surface area contributed by atoms with E-state index in [1.165, 1.54) is 23.9 Å². The Morgan fingerprint density at radius 2 is 1.83 bits per heavy atom. The average molecular weight is 262 g/mol. The van der Waals surface area contributed by atoms with Gasteiger partial charge in [0.1, 0.15) is 5.82 Å². The normalized spacial score (nSPS) is 10.3. The molecule has 0 amide bonds. The predicted octanol–water partition coefficient (Wildman–Crippen LogP) is 3.60. The molecule has 0 fully saturated rings. The minimum atomic E-state index is -0.848. The summed E-state index contributed by atoms with van der Waals surface area (Å²) >= 11 is 1.48. The summed E-state index contributed by atoms with van der Waals surface area (Å²) in [4.78, 5) is 12.5. The molecule has 92 valence electrons. The Hall–Kier alpha value is -1.81. The molecule has 0 saturated carbocycles. The summed E-state index contributed by atoms with van der Waals surface area (Å²) in [5.41, 5.74) is 0.759. The zero-order chi connectivity index (χ0) is 13.0. The fourth-order valence-electron chi connectivity index (χ4n) is 1.53. The number of hydrogen-bond acceptors (Lipinski definition) is 2. The molecule has 0 heterocycles. The quantitative estimate of drug-likeness (QED) is 0.914. The summed E-state index contributed by atoms with van der Waals surface area (Å²) in [5.74, 6) is -1.11. The van der Waals surface area contributed by atoms with Crippen molar-refractivity contribution in [1.29, 1.82) is 0 Å². The number of carboxylic acid groups (broad SMARTS) is 1. The van der Waals surface area contributed by atoms with Gasteiger partial charge < -0.3 is 5.11 Å². The van der Waals surface area contributed by atoms with Gasteiger partial charge in [0.25, 0.3) is 0 Å². The highest BCUT2D eigenvalue weighted by Gasteiger charge is 2.03. The van der Waals surface area contributed by atoms with Crippen molar-refractivity contribution in [1.82, 2.24) is 0 Å². The third kappa shape index (κ3) is 3.60. The van der Waals surface area contributed by atoms with Gasteiger partial charge in [-0.2, -0.15) is 0 Å². The minimum Gasteiger partial charge on any atom is -0.481 e. The summed E-state index contributed by atoms with van der Waals surface area (Å²) in [7, 11) is 0. The largest absolute Gasteiger partial charge is 0.481 e. The Morgan fingerprint density at radius 1 is 1.11 bits per heavy atom. The SMILES string of the molecule is O=C(O)Cc1cccc(Sc2ccc(F)cc2)c1. The van der Waals surface area contributed by atoms with Crippen molar-refractivity contribution in [2.24, 2.45) is 0 Å². The lowest BCUT2D eigenvalue weighted by atomic mass is 10.2. The van der Waals surface area contributed by atoms with Gasteiger partial charge in [0, 0.05) is 9.79 Å². The molecule has 0 unspecified atom stereocenters. The molecule has 0 aliphatic rings. The third-order valence-electron chi connectivity index (χ3n) is 2.30. The van der Waals surface area contributed by atoms with Crippen molar-refractivity contribution in [3.8, 4) is 0 Å². The van der Waals surface area contributed by atoms with Crippen LogP contribution in [-0.2, 0) is 11.2 Å². The summed E-state index contributed by atoms with van der Waals surface area (Å²) in [6, 6.07) is 13.6. The van der Waals surface area contributed by atoms with E-state index in [-0.39, 0.29) is 12.2 Å². The highest BCUT2D eigenvalue weighted by Crippen LogP contribution is 2.28. The topological polar surface area (TPSA) is 37.3 Å². The van der Waals surface area contributed by atoms with E-state index in [0.717, 1.165) is 15.4 Å². The summed E-state index contributed by atoms with van der Waals surface area (Å²) in [5, 5.41) is 8.73. The van der Waals surface area contributed by atoms with Crippen LogP contribution in [-0.4, -0.2) is 11.1 Å². The van der Waals surface area contributed by atoms with Crippen LogP contribution in [0.4, 0.5) is 4.39 Å². The molecule has 0 bridgehead atoms. The maximum atomic E-state index is 12.8. The van der Waals surface area contributed by atoms with E-state index < -0.39 is 5.97 Å². The van der Waals surface area contributed by atoms with Crippen LogP contribution in [0.1, 0.15) is 5.56 Å². The summed E-state index contributed by atoms with van der Waals surface area (Å²) < 4.78 is 12.8. The van der Waals surface area contributed by atoms with Crippen LogP contribution in [0.15, 0.2) is 58.3 Å². The lowest BCUT2D eigenvalue weighted by molar-refractivity contribution is -0.136. The number of aliphatic carboxylic acids is 1. The molecule has 2 aromatic rings. The predicted molar refractivity (Wildman–Crippen MR) is 68.3 cm³/mol. The van der Waals surface area contributed by atoms with Gasteiger partial charge in [0.15, 0.2) is 0 Å². The molecule has 2 aromatic carbocycles. The van der Waals surface area contributed by atoms with Gasteiger partial charge in [-0.25, -0.2) is 4.39 Å². The first-order valence-corrected chi connectivity index (χ1v) is 6.19.